The van der Waals surface area contributed by atoms with E-state index in [1.54, 1.807) is 0 Å². The Morgan fingerprint density at radius 3 is 2.31 bits per heavy atom. The van der Waals surface area contributed by atoms with Gasteiger partial charge in [-0.25, -0.2) is 8.78 Å². The van der Waals surface area contributed by atoms with Gasteiger partial charge in [-0.2, -0.15) is 0 Å². The SMILES string of the molecule is O=C(CBr)Cc1c(F)cccc1F. The minimum atomic E-state index is -0.672. The lowest BCUT2D eigenvalue weighted by Crippen LogP contribution is -2.07. The number of Topliss-reactive ketones (excluding diaryl/α,β-unsaturated/α-hetero) is 1. The molecule has 0 bridgehead atoms. The molecular formula is C9H7BrF2O. The summed E-state index contributed by atoms with van der Waals surface area (Å²) in [7, 11) is 0. The van der Waals surface area contributed by atoms with Crippen LogP contribution in [0.15, 0.2) is 18.2 Å². The molecule has 0 N–H and O–H groups in total. The summed E-state index contributed by atoms with van der Waals surface area (Å²) in [6.45, 7) is 0. The van der Waals surface area contributed by atoms with Gasteiger partial charge in [-0.15, -0.1) is 0 Å². The Morgan fingerprint density at radius 2 is 1.85 bits per heavy atom. The van der Waals surface area contributed by atoms with Crippen LogP contribution in [-0.4, -0.2) is 11.1 Å². The van der Waals surface area contributed by atoms with Gasteiger partial charge in [-0.05, 0) is 12.1 Å². The zero-order chi connectivity index (χ0) is 9.84. The predicted octanol–water partition coefficient (Wildman–Crippen LogP) is 2.47. The highest BCUT2D eigenvalue weighted by Crippen LogP contribution is 2.13. The summed E-state index contributed by atoms with van der Waals surface area (Å²) in [5.41, 5.74) is -0.160. The van der Waals surface area contributed by atoms with Crippen molar-refractivity contribution in [3.8, 4) is 0 Å². The maximum absolute atomic E-state index is 12.9. The van der Waals surface area contributed by atoms with Gasteiger partial charge < -0.3 is 0 Å². The van der Waals surface area contributed by atoms with Crippen LogP contribution in [0.5, 0.6) is 0 Å². The Labute approximate surface area is 82.9 Å². The van der Waals surface area contributed by atoms with Gasteiger partial charge in [0.1, 0.15) is 17.4 Å². The molecule has 4 heteroatoms. The molecule has 0 saturated carbocycles. The molecule has 0 aliphatic carbocycles. The van der Waals surface area contributed by atoms with E-state index < -0.39 is 11.6 Å². The Bertz CT molecular complexity index is 305. The Hall–Kier alpha value is -0.770. The maximum atomic E-state index is 12.9. The smallest absolute Gasteiger partial charge is 0.147 e. The lowest BCUT2D eigenvalue weighted by atomic mass is 10.1. The molecule has 0 fully saturated rings. The van der Waals surface area contributed by atoms with Crippen LogP contribution in [0.1, 0.15) is 5.56 Å². The first-order valence-electron chi connectivity index (χ1n) is 3.65. The van der Waals surface area contributed by atoms with E-state index in [0.29, 0.717) is 0 Å². The zero-order valence-electron chi connectivity index (χ0n) is 6.69. The molecule has 0 saturated heterocycles. The van der Waals surface area contributed by atoms with Gasteiger partial charge in [0.2, 0.25) is 0 Å². The van der Waals surface area contributed by atoms with E-state index in [2.05, 4.69) is 15.9 Å². The van der Waals surface area contributed by atoms with Crippen molar-refractivity contribution in [2.24, 2.45) is 0 Å². The largest absolute Gasteiger partial charge is 0.298 e. The normalized spacial score (nSPS) is 10.1. The van der Waals surface area contributed by atoms with Crippen LogP contribution >= 0.6 is 15.9 Å². The van der Waals surface area contributed by atoms with Crippen LogP contribution in [0.3, 0.4) is 0 Å². The number of hydrogen-bond acceptors (Lipinski definition) is 1. The highest BCUT2D eigenvalue weighted by Gasteiger charge is 2.11. The van der Waals surface area contributed by atoms with Gasteiger partial charge in [0, 0.05) is 12.0 Å². The minimum Gasteiger partial charge on any atom is -0.298 e. The summed E-state index contributed by atoms with van der Waals surface area (Å²) < 4.78 is 25.9. The molecular weight excluding hydrogens is 242 g/mol. The highest BCUT2D eigenvalue weighted by atomic mass is 79.9. The van der Waals surface area contributed by atoms with Crippen LogP contribution < -0.4 is 0 Å². The van der Waals surface area contributed by atoms with Crippen LogP contribution in [0.25, 0.3) is 0 Å². The highest BCUT2D eigenvalue weighted by molar-refractivity contribution is 9.09. The van der Waals surface area contributed by atoms with Gasteiger partial charge in [0.15, 0.2) is 0 Å². The standard InChI is InChI=1S/C9H7BrF2O/c10-5-6(13)4-7-8(11)2-1-3-9(7)12/h1-3H,4-5H2. The molecule has 1 aromatic rings. The monoisotopic (exact) mass is 248 g/mol. The van der Waals surface area contributed by atoms with Gasteiger partial charge in [-0.3, -0.25) is 4.79 Å². The molecule has 0 aliphatic rings. The summed E-state index contributed by atoms with van der Waals surface area (Å²) in [5, 5.41) is 0.112. The number of benzene rings is 1. The van der Waals surface area contributed by atoms with E-state index in [9.17, 15) is 13.6 Å². The molecule has 0 radical (unpaired) electrons. The van der Waals surface area contributed by atoms with Gasteiger partial charge in [0.05, 0.1) is 5.33 Å². The third kappa shape index (κ3) is 2.59. The molecule has 1 nitrogen and oxygen atoms in total. The minimum absolute atomic E-state index is 0.112. The maximum Gasteiger partial charge on any atom is 0.147 e. The molecule has 0 atom stereocenters. The quantitative estimate of drug-likeness (QED) is 0.752. The lowest BCUT2D eigenvalue weighted by Gasteiger charge is -2.01. The number of carbonyl (C=O) groups is 1. The topological polar surface area (TPSA) is 17.1 Å². The van der Waals surface area contributed by atoms with E-state index >= 15 is 0 Å². The first kappa shape index (κ1) is 10.3. The molecule has 0 heterocycles. The molecule has 0 aliphatic heterocycles. The number of hydrogen-bond donors (Lipinski definition) is 0. The van der Waals surface area contributed by atoms with Crippen molar-refractivity contribution in [3.05, 3.63) is 35.4 Å². The third-order valence-electron chi connectivity index (χ3n) is 1.58. The summed E-state index contributed by atoms with van der Waals surface area (Å²) in [6.07, 6.45) is -0.205. The molecule has 0 aromatic heterocycles. The first-order valence-corrected chi connectivity index (χ1v) is 4.78. The van der Waals surface area contributed by atoms with Crippen molar-refractivity contribution in [1.82, 2.24) is 0 Å². The number of rotatable bonds is 3. The van der Waals surface area contributed by atoms with E-state index in [1.165, 1.54) is 6.07 Å². The van der Waals surface area contributed by atoms with Crippen LogP contribution in [0.2, 0.25) is 0 Å². The molecule has 13 heavy (non-hydrogen) atoms. The fourth-order valence-electron chi connectivity index (χ4n) is 0.946. The number of carbonyl (C=O) groups excluding carboxylic acids is 1. The average Bonchev–Trinajstić information content (AvgIpc) is 2.11. The van der Waals surface area contributed by atoms with Crippen molar-refractivity contribution in [3.63, 3.8) is 0 Å². The second-order valence-electron chi connectivity index (χ2n) is 2.55. The van der Waals surface area contributed by atoms with Crippen molar-refractivity contribution in [2.45, 2.75) is 6.42 Å². The van der Waals surface area contributed by atoms with Crippen molar-refractivity contribution in [2.75, 3.05) is 5.33 Å². The van der Waals surface area contributed by atoms with Gasteiger partial charge in [0.25, 0.3) is 0 Å². The predicted molar refractivity (Wildman–Crippen MR) is 48.9 cm³/mol. The lowest BCUT2D eigenvalue weighted by molar-refractivity contribution is -0.116. The van der Waals surface area contributed by atoms with Crippen molar-refractivity contribution in [1.29, 1.82) is 0 Å². The number of ketones is 1. The summed E-state index contributed by atoms with van der Waals surface area (Å²) >= 11 is 2.93. The Balaban J connectivity index is 2.93. The van der Waals surface area contributed by atoms with Crippen molar-refractivity contribution < 1.29 is 13.6 Å². The molecule has 0 spiro atoms. The second kappa shape index (κ2) is 4.46. The third-order valence-corrected chi connectivity index (χ3v) is 2.21. The zero-order valence-corrected chi connectivity index (χ0v) is 8.27. The summed E-state index contributed by atoms with van der Waals surface area (Å²) in [5.74, 6) is -1.59. The molecule has 0 amide bonds. The van der Waals surface area contributed by atoms with Crippen molar-refractivity contribution >= 4 is 21.7 Å². The van der Waals surface area contributed by atoms with E-state index in [0.717, 1.165) is 12.1 Å². The average molecular weight is 249 g/mol. The van der Waals surface area contributed by atoms with Crippen LogP contribution in [-0.2, 0) is 11.2 Å². The molecule has 1 aromatic carbocycles. The Morgan fingerprint density at radius 1 is 1.31 bits per heavy atom. The summed E-state index contributed by atoms with van der Waals surface area (Å²) in [4.78, 5) is 10.9. The van der Waals surface area contributed by atoms with Gasteiger partial charge in [-0.1, -0.05) is 22.0 Å². The van der Waals surface area contributed by atoms with Crippen LogP contribution in [0.4, 0.5) is 8.78 Å². The van der Waals surface area contributed by atoms with Gasteiger partial charge >= 0.3 is 0 Å². The van der Waals surface area contributed by atoms with E-state index in [1.807, 2.05) is 0 Å². The fraction of sp³-hybridized carbons (Fsp3) is 0.222. The second-order valence-corrected chi connectivity index (χ2v) is 3.11. The molecule has 70 valence electrons. The molecule has 1 rings (SSSR count). The fourth-order valence-corrected chi connectivity index (χ4v) is 1.14. The summed E-state index contributed by atoms with van der Waals surface area (Å²) in [6, 6.07) is 3.55. The number of halogens is 3. The van der Waals surface area contributed by atoms with E-state index in [-0.39, 0.29) is 23.1 Å². The number of alkyl halides is 1. The first-order chi connectivity index (χ1) is 6.15. The Kier molecular flexibility index (Phi) is 3.54. The van der Waals surface area contributed by atoms with Crippen LogP contribution in [0, 0.1) is 11.6 Å². The molecule has 0 unspecified atom stereocenters. The van der Waals surface area contributed by atoms with E-state index in [4.69, 9.17) is 0 Å².